The maximum atomic E-state index is 13.8. The van der Waals surface area contributed by atoms with E-state index in [1.165, 1.54) is 6.07 Å². The number of hydrogen-bond donors (Lipinski definition) is 2. The highest BCUT2D eigenvalue weighted by Crippen LogP contribution is 2.47. The molecule has 0 saturated heterocycles. The number of fused-ring (bicyclic) bond motifs is 2. The minimum atomic E-state index is -0.646. The zero-order valence-electron chi connectivity index (χ0n) is 20.7. The molecular weight excluding hydrogens is 474 g/mol. The Morgan fingerprint density at radius 2 is 1.57 bits per heavy atom. The Hall–Kier alpha value is -4.53. The van der Waals surface area contributed by atoms with Gasteiger partial charge < -0.3 is 24.8 Å². The molecule has 1 aliphatic heterocycles. The van der Waals surface area contributed by atoms with Crippen LogP contribution in [-0.4, -0.2) is 32.0 Å². The Labute approximate surface area is 214 Å². The van der Waals surface area contributed by atoms with Crippen LogP contribution in [-0.2, 0) is 4.79 Å². The first-order chi connectivity index (χ1) is 17.9. The van der Waals surface area contributed by atoms with Crippen molar-refractivity contribution in [2.45, 2.75) is 18.4 Å². The van der Waals surface area contributed by atoms with Gasteiger partial charge in [-0.25, -0.2) is 0 Å². The maximum absolute atomic E-state index is 13.8. The molecule has 0 spiro atoms. The highest BCUT2D eigenvalue weighted by Gasteiger charge is 2.42. The lowest BCUT2D eigenvalue weighted by atomic mass is 9.76. The molecule has 37 heavy (non-hydrogen) atoms. The topological polar surface area (TPSA) is 112 Å². The van der Waals surface area contributed by atoms with E-state index in [1.807, 2.05) is 42.5 Å². The van der Waals surface area contributed by atoms with E-state index in [0.29, 0.717) is 28.5 Å². The van der Waals surface area contributed by atoms with Crippen molar-refractivity contribution in [1.82, 2.24) is 0 Å². The molecule has 9 heteroatoms. The van der Waals surface area contributed by atoms with E-state index in [0.717, 1.165) is 16.9 Å². The number of benzene rings is 3. The van der Waals surface area contributed by atoms with E-state index >= 15 is 0 Å². The van der Waals surface area contributed by atoms with Crippen LogP contribution in [0.2, 0.25) is 0 Å². The number of carbonyl (C=O) groups is 1. The van der Waals surface area contributed by atoms with Gasteiger partial charge in [-0.1, -0.05) is 36.4 Å². The molecule has 0 amide bonds. The summed E-state index contributed by atoms with van der Waals surface area (Å²) in [5.41, 5.74) is 3.51. The van der Waals surface area contributed by atoms with Gasteiger partial charge in [0, 0.05) is 24.1 Å². The quantitative estimate of drug-likeness (QED) is 0.338. The van der Waals surface area contributed by atoms with Crippen molar-refractivity contribution < 1.29 is 23.9 Å². The van der Waals surface area contributed by atoms with Gasteiger partial charge in [0.15, 0.2) is 11.5 Å². The van der Waals surface area contributed by atoms with E-state index in [2.05, 4.69) is 10.6 Å². The van der Waals surface area contributed by atoms with Crippen molar-refractivity contribution in [3.63, 3.8) is 0 Å². The fourth-order valence-electron chi connectivity index (χ4n) is 5.21. The molecular formula is C28H27N3O6. The number of allylic oxidation sites excluding steroid dienone is 1. The minimum absolute atomic E-state index is 0.0294. The van der Waals surface area contributed by atoms with Crippen molar-refractivity contribution in [3.8, 4) is 17.2 Å². The number of Topliss-reactive ketones (excluding diaryl/α,β-unsaturated/α-hetero) is 1. The summed E-state index contributed by atoms with van der Waals surface area (Å²) in [6, 6.07) is 17.2. The molecule has 190 valence electrons. The van der Waals surface area contributed by atoms with Crippen LogP contribution in [0.15, 0.2) is 72.4 Å². The monoisotopic (exact) mass is 501 g/mol. The summed E-state index contributed by atoms with van der Waals surface area (Å²) in [6.07, 6.45) is 2.24. The van der Waals surface area contributed by atoms with Crippen LogP contribution in [0, 0.1) is 16.0 Å². The molecule has 0 fully saturated rings. The molecule has 0 radical (unpaired) electrons. The second kappa shape index (κ2) is 9.85. The van der Waals surface area contributed by atoms with E-state index in [9.17, 15) is 14.9 Å². The molecule has 5 rings (SSSR count). The number of para-hydroxylation sites is 3. The van der Waals surface area contributed by atoms with Crippen LogP contribution in [0.1, 0.15) is 29.5 Å². The molecule has 3 unspecified atom stereocenters. The SMILES string of the molecule is COc1cc(C2C=C3Nc4ccccc4NC(c4ccccc4[N+](=O)[O-])C3C(=O)C2)cc(OC)c1OC. The van der Waals surface area contributed by atoms with E-state index in [1.54, 1.807) is 39.5 Å². The van der Waals surface area contributed by atoms with Crippen LogP contribution in [0.25, 0.3) is 0 Å². The van der Waals surface area contributed by atoms with Crippen LogP contribution >= 0.6 is 0 Å². The Bertz CT molecular complexity index is 1380. The largest absolute Gasteiger partial charge is 0.493 e. The maximum Gasteiger partial charge on any atom is 0.274 e. The van der Waals surface area contributed by atoms with Gasteiger partial charge in [-0.2, -0.15) is 0 Å². The van der Waals surface area contributed by atoms with Crippen LogP contribution in [0.5, 0.6) is 17.2 Å². The molecule has 3 atom stereocenters. The number of carbonyl (C=O) groups excluding carboxylic acids is 1. The molecule has 3 aromatic carbocycles. The Morgan fingerprint density at radius 3 is 2.22 bits per heavy atom. The number of methoxy groups -OCH3 is 3. The van der Waals surface area contributed by atoms with Gasteiger partial charge in [-0.05, 0) is 29.8 Å². The van der Waals surface area contributed by atoms with E-state index in [4.69, 9.17) is 14.2 Å². The van der Waals surface area contributed by atoms with Gasteiger partial charge in [0.2, 0.25) is 5.75 Å². The first kappa shape index (κ1) is 24.2. The zero-order valence-corrected chi connectivity index (χ0v) is 20.7. The summed E-state index contributed by atoms with van der Waals surface area (Å²) in [5, 5.41) is 18.7. The van der Waals surface area contributed by atoms with Gasteiger partial charge in [0.1, 0.15) is 5.78 Å². The van der Waals surface area contributed by atoms with Crippen molar-refractivity contribution >= 4 is 22.8 Å². The Balaban J connectivity index is 1.65. The third kappa shape index (κ3) is 4.33. The number of nitro benzene ring substituents is 1. The normalized spacial score (nSPS) is 20.2. The number of anilines is 2. The van der Waals surface area contributed by atoms with Crippen molar-refractivity contribution in [2.75, 3.05) is 32.0 Å². The van der Waals surface area contributed by atoms with Crippen LogP contribution < -0.4 is 24.8 Å². The first-order valence-corrected chi connectivity index (χ1v) is 11.8. The lowest BCUT2D eigenvalue weighted by Gasteiger charge is -2.32. The van der Waals surface area contributed by atoms with Gasteiger partial charge in [0.25, 0.3) is 5.69 Å². The summed E-state index contributed by atoms with van der Waals surface area (Å²) < 4.78 is 16.5. The lowest BCUT2D eigenvalue weighted by Crippen LogP contribution is -2.34. The number of ketones is 1. The summed E-state index contributed by atoms with van der Waals surface area (Å²) in [6.45, 7) is 0. The average molecular weight is 502 g/mol. The number of rotatable bonds is 6. The highest BCUT2D eigenvalue weighted by atomic mass is 16.6. The third-order valence-corrected chi connectivity index (χ3v) is 6.92. The van der Waals surface area contributed by atoms with Gasteiger partial charge in [-0.15, -0.1) is 0 Å². The number of nitrogens with zero attached hydrogens (tertiary/aromatic N) is 1. The molecule has 0 saturated carbocycles. The first-order valence-electron chi connectivity index (χ1n) is 11.8. The molecule has 3 aromatic rings. The Kier molecular flexibility index (Phi) is 6.43. The summed E-state index contributed by atoms with van der Waals surface area (Å²) in [5.74, 6) is 0.533. The summed E-state index contributed by atoms with van der Waals surface area (Å²) in [4.78, 5) is 25.3. The summed E-state index contributed by atoms with van der Waals surface area (Å²) in [7, 11) is 4.64. The predicted octanol–water partition coefficient (Wildman–Crippen LogP) is 5.46. The van der Waals surface area contributed by atoms with E-state index in [-0.39, 0.29) is 23.8 Å². The second-order valence-electron chi connectivity index (χ2n) is 8.94. The van der Waals surface area contributed by atoms with Crippen LogP contribution in [0.4, 0.5) is 17.1 Å². The fraction of sp³-hybridized carbons (Fsp3) is 0.250. The molecule has 1 heterocycles. The molecule has 2 N–H and O–H groups in total. The lowest BCUT2D eigenvalue weighted by molar-refractivity contribution is -0.385. The van der Waals surface area contributed by atoms with Crippen LogP contribution in [0.3, 0.4) is 0 Å². The predicted molar refractivity (Wildman–Crippen MR) is 140 cm³/mol. The fourth-order valence-corrected chi connectivity index (χ4v) is 5.21. The second-order valence-corrected chi connectivity index (χ2v) is 8.94. The standard InChI is InChI=1S/C28H27N3O6/c1-35-24-14-17(15-25(36-2)28(24)37-3)16-12-21-26(23(32)13-16)27(18-8-4-7-11-22(18)31(33)34)30-20-10-6-5-9-19(20)29-21/h4-12,14-16,26-27,29-30H,13H2,1-3H3. The number of ether oxygens (including phenoxy) is 3. The van der Waals surface area contributed by atoms with Crippen molar-refractivity contribution in [2.24, 2.45) is 5.92 Å². The molecule has 1 aliphatic carbocycles. The number of nitro groups is 1. The smallest absolute Gasteiger partial charge is 0.274 e. The molecule has 9 nitrogen and oxygen atoms in total. The van der Waals surface area contributed by atoms with Crippen molar-refractivity contribution in [1.29, 1.82) is 0 Å². The van der Waals surface area contributed by atoms with Crippen molar-refractivity contribution in [3.05, 3.63) is 93.7 Å². The van der Waals surface area contributed by atoms with Gasteiger partial charge >= 0.3 is 0 Å². The average Bonchev–Trinajstić information content (AvgIpc) is 3.09. The summed E-state index contributed by atoms with van der Waals surface area (Å²) >= 11 is 0. The third-order valence-electron chi connectivity index (χ3n) is 6.92. The molecule has 0 bridgehead atoms. The van der Waals surface area contributed by atoms with E-state index < -0.39 is 16.9 Å². The van der Waals surface area contributed by atoms with Gasteiger partial charge in [0.05, 0.1) is 55.2 Å². The number of hydrogen-bond acceptors (Lipinski definition) is 8. The minimum Gasteiger partial charge on any atom is -0.493 e. The molecule has 0 aromatic heterocycles. The highest BCUT2D eigenvalue weighted by molar-refractivity contribution is 5.91. The number of nitrogens with one attached hydrogen (secondary N) is 2. The molecule has 2 aliphatic rings. The Morgan fingerprint density at radius 1 is 0.919 bits per heavy atom. The van der Waals surface area contributed by atoms with Gasteiger partial charge in [-0.3, -0.25) is 14.9 Å². The zero-order chi connectivity index (χ0) is 26.1.